The summed E-state index contributed by atoms with van der Waals surface area (Å²) in [6.45, 7) is 2.66. The minimum atomic E-state index is -0.127. The second-order valence-electron chi connectivity index (χ2n) is 14.2. The van der Waals surface area contributed by atoms with Crippen molar-refractivity contribution in [1.29, 1.82) is 0 Å². The second-order valence-corrected chi connectivity index (χ2v) is 14.2. The molecular weight excluding hydrogens is 684 g/mol. The number of ether oxygens (including phenoxy) is 4. The molecule has 0 saturated heterocycles. The van der Waals surface area contributed by atoms with Gasteiger partial charge in [0.25, 0.3) is 0 Å². The lowest BCUT2D eigenvalue weighted by atomic mass is 10.1. The fourth-order valence-corrected chi connectivity index (χ4v) is 5.89. The number of esters is 2. The highest BCUT2D eigenvalue weighted by Crippen LogP contribution is 2.13. The van der Waals surface area contributed by atoms with E-state index in [1.54, 1.807) is 23.9 Å². The Bertz CT molecular complexity index is 1160. The molecule has 2 aromatic carbocycles. The van der Waals surface area contributed by atoms with E-state index in [0.717, 1.165) is 114 Å². The van der Waals surface area contributed by atoms with Gasteiger partial charge in [-0.2, -0.15) is 0 Å². The quantitative estimate of drug-likeness (QED) is 0.0528. The number of carbonyl (C=O) groups excluding carboxylic acids is 4. The molecule has 0 radical (unpaired) electrons. The van der Waals surface area contributed by atoms with Gasteiger partial charge in [-0.15, -0.1) is 0 Å². The van der Waals surface area contributed by atoms with E-state index < -0.39 is 0 Å². The van der Waals surface area contributed by atoms with Crippen LogP contribution in [0.25, 0.3) is 0 Å². The van der Waals surface area contributed by atoms with Crippen LogP contribution in [0.3, 0.4) is 0 Å². The van der Waals surface area contributed by atoms with E-state index in [9.17, 15) is 19.2 Å². The highest BCUT2D eigenvalue weighted by Gasteiger charge is 2.11. The van der Waals surface area contributed by atoms with E-state index in [-0.39, 0.29) is 50.2 Å². The fourth-order valence-electron chi connectivity index (χ4n) is 5.89. The molecule has 0 aliphatic rings. The Morgan fingerprint density at radius 2 is 0.759 bits per heavy atom. The standard InChI is InChI=1S/C44H68N2O8/c1-45(31-23-13-9-5-3-7-11-21-29-43(49)53-35-39-25-17-15-18-26-39)41(47)37-51-33-34-52-38-42(48)46(2)32-24-14-10-6-4-8-12-22-30-44(50)54-36-40-27-19-16-20-28-40/h15-20,25-28H,3-14,21-24,29-38H2,1-2H3. The van der Waals surface area contributed by atoms with E-state index in [0.29, 0.717) is 39.1 Å². The predicted molar refractivity (Wildman–Crippen MR) is 212 cm³/mol. The minimum absolute atomic E-state index is 0.0112. The molecule has 302 valence electrons. The first-order valence-electron chi connectivity index (χ1n) is 20.4. The molecule has 0 atom stereocenters. The number of benzene rings is 2. The molecule has 2 amide bonds. The molecule has 0 heterocycles. The maximum absolute atomic E-state index is 12.4. The summed E-state index contributed by atoms with van der Waals surface area (Å²) in [7, 11) is 3.61. The van der Waals surface area contributed by atoms with Crippen LogP contribution in [0.2, 0.25) is 0 Å². The summed E-state index contributed by atoms with van der Waals surface area (Å²) in [5.41, 5.74) is 2.02. The van der Waals surface area contributed by atoms with Crippen molar-refractivity contribution >= 4 is 23.8 Å². The van der Waals surface area contributed by atoms with Crippen LogP contribution in [-0.4, -0.2) is 87.2 Å². The average molecular weight is 753 g/mol. The molecule has 0 N–H and O–H groups in total. The Morgan fingerprint density at radius 3 is 1.11 bits per heavy atom. The summed E-state index contributed by atoms with van der Waals surface area (Å²) in [5.74, 6) is -0.356. The number of amides is 2. The fraction of sp³-hybridized carbons (Fsp3) is 0.636. The van der Waals surface area contributed by atoms with Gasteiger partial charge in [-0.1, -0.05) is 138 Å². The van der Waals surface area contributed by atoms with E-state index in [1.807, 2.05) is 60.7 Å². The van der Waals surface area contributed by atoms with Crippen molar-refractivity contribution in [3.63, 3.8) is 0 Å². The largest absolute Gasteiger partial charge is 0.461 e. The van der Waals surface area contributed by atoms with Gasteiger partial charge < -0.3 is 28.7 Å². The van der Waals surface area contributed by atoms with Crippen LogP contribution >= 0.6 is 0 Å². The normalized spacial score (nSPS) is 10.9. The van der Waals surface area contributed by atoms with Crippen LogP contribution in [0.4, 0.5) is 0 Å². The maximum atomic E-state index is 12.4. The van der Waals surface area contributed by atoms with E-state index in [1.165, 1.54) is 0 Å². The van der Waals surface area contributed by atoms with Crippen molar-refractivity contribution in [2.75, 3.05) is 53.6 Å². The number of hydrogen-bond acceptors (Lipinski definition) is 8. The first-order chi connectivity index (χ1) is 26.3. The summed E-state index contributed by atoms with van der Waals surface area (Å²) in [5, 5.41) is 0. The molecule has 2 aromatic rings. The van der Waals surface area contributed by atoms with Gasteiger partial charge in [-0.05, 0) is 36.8 Å². The van der Waals surface area contributed by atoms with E-state index in [4.69, 9.17) is 18.9 Å². The van der Waals surface area contributed by atoms with Crippen LogP contribution in [0, 0.1) is 0 Å². The lowest BCUT2D eigenvalue weighted by Crippen LogP contribution is -2.32. The predicted octanol–water partition coefficient (Wildman–Crippen LogP) is 8.45. The topological polar surface area (TPSA) is 112 Å². The smallest absolute Gasteiger partial charge is 0.306 e. The third-order valence-electron chi connectivity index (χ3n) is 9.41. The van der Waals surface area contributed by atoms with Crippen LogP contribution in [0.1, 0.15) is 127 Å². The Balaban J connectivity index is 1.29. The summed E-state index contributed by atoms with van der Waals surface area (Å²) in [6, 6.07) is 19.5. The van der Waals surface area contributed by atoms with Gasteiger partial charge in [0.1, 0.15) is 26.4 Å². The second kappa shape index (κ2) is 31.6. The van der Waals surface area contributed by atoms with Crippen molar-refractivity contribution in [3.8, 4) is 0 Å². The number of nitrogens with zero attached hydrogens (tertiary/aromatic N) is 2. The zero-order valence-electron chi connectivity index (χ0n) is 33.3. The first-order valence-corrected chi connectivity index (χ1v) is 20.4. The third-order valence-corrected chi connectivity index (χ3v) is 9.41. The highest BCUT2D eigenvalue weighted by atomic mass is 16.5. The zero-order valence-corrected chi connectivity index (χ0v) is 33.3. The summed E-state index contributed by atoms with van der Waals surface area (Å²) in [6.07, 6.45) is 18.0. The summed E-state index contributed by atoms with van der Waals surface area (Å²) >= 11 is 0. The van der Waals surface area contributed by atoms with Crippen LogP contribution in [0.5, 0.6) is 0 Å². The molecule has 2 rings (SSSR count). The van der Waals surface area contributed by atoms with Crippen LogP contribution in [0.15, 0.2) is 60.7 Å². The number of unbranched alkanes of at least 4 members (excludes halogenated alkanes) is 14. The molecular formula is C44H68N2O8. The maximum Gasteiger partial charge on any atom is 0.306 e. The summed E-state index contributed by atoms with van der Waals surface area (Å²) < 4.78 is 21.6. The number of hydrogen-bond donors (Lipinski definition) is 0. The molecule has 0 aliphatic carbocycles. The van der Waals surface area contributed by atoms with E-state index in [2.05, 4.69) is 0 Å². The molecule has 0 bridgehead atoms. The molecule has 0 fully saturated rings. The molecule has 0 spiro atoms. The van der Waals surface area contributed by atoms with Gasteiger partial charge in [0.15, 0.2) is 0 Å². The van der Waals surface area contributed by atoms with Crippen molar-refractivity contribution in [3.05, 3.63) is 71.8 Å². The minimum Gasteiger partial charge on any atom is -0.461 e. The van der Waals surface area contributed by atoms with E-state index >= 15 is 0 Å². The molecule has 54 heavy (non-hydrogen) atoms. The van der Waals surface area contributed by atoms with Gasteiger partial charge in [0.05, 0.1) is 13.2 Å². The monoisotopic (exact) mass is 752 g/mol. The van der Waals surface area contributed by atoms with Crippen molar-refractivity contribution in [2.45, 2.75) is 129 Å². The van der Waals surface area contributed by atoms with Crippen molar-refractivity contribution < 1.29 is 38.1 Å². The zero-order chi connectivity index (χ0) is 38.9. The van der Waals surface area contributed by atoms with Crippen LogP contribution in [-0.2, 0) is 51.3 Å². The van der Waals surface area contributed by atoms with Crippen LogP contribution < -0.4 is 0 Å². The van der Waals surface area contributed by atoms with Gasteiger partial charge in [0.2, 0.25) is 11.8 Å². The van der Waals surface area contributed by atoms with Gasteiger partial charge in [0, 0.05) is 40.0 Å². The number of likely N-dealkylation sites (N-methyl/N-ethyl adjacent to an activating group) is 2. The molecule has 10 nitrogen and oxygen atoms in total. The van der Waals surface area contributed by atoms with Gasteiger partial charge in [-0.25, -0.2) is 0 Å². The molecule has 0 aromatic heterocycles. The van der Waals surface area contributed by atoms with Gasteiger partial charge >= 0.3 is 11.9 Å². The molecule has 0 saturated carbocycles. The molecule has 0 unspecified atom stereocenters. The summed E-state index contributed by atoms with van der Waals surface area (Å²) in [4.78, 5) is 51.9. The number of carbonyl (C=O) groups is 4. The lowest BCUT2D eigenvalue weighted by molar-refractivity contribution is -0.146. The molecule has 0 aliphatic heterocycles. The highest BCUT2D eigenvalue weighted by molar-refractivity contribution is 5.77. The number of rotatable bonds is 33. The van der Waals surface area contributed by atoms with Crippen molar-refractivity contribution in [2.24, 2.45) is 0 Å². The first kappa shape index (κ1) is 46.4. The Hall–Kier alpha value is -3.76. The average Bonchev–Trinajstić information content (AvgIpc) is 3.19. The SMILES string of the molecule is CN(CCCCCCCCCCC(=O)OCc1ccccc1)C(=O)COCCOCC(=O)N(C)CCCCCCCCCCC(=O)OCc1ccccc1. The Kier molecular flexibility index (Phi) is 27.1. The Morgan fingerprint density at radius 1 is 0.444 bits per heavy atom. The van der Waals surface area contributed by atoms with Crippen molar-refractivity contribution in [1.82, 2.24) is 9.80 Å². The third kappa shape index (κ3) is 25.3. The van der Waals surface area contributed by atoms with Gasteiger partial charge in [-0.3, -0.25) is 19.2 Å². The lowest BCUT2D eigenvalue weighted by Gasteiger charge is -2.18. The Labute approximate surface area is 325 Å². The molecule has 10 heteroatoms.